The lowest BCUT2D eigenvalue weighted by atomic mass is 9.91. The molecule has 1 aromatic carbocycles. The summed E-state index contributed by atoms with van der Waals surface area (Å²) in [5, 5.41) is 0.0153. The summed E-state index contributed by atoms with van der Waals surface area (Å²) in [6.07, 6.45) is 0.678. The predicted octanol–water partition coefficient (Wildman–Crippen LogP) is 3.30. The second-order valence-electron chi connectivity index (χ2n) is 4.24. The summed E-state index contributed by atoms with van der Waals surface area (Å²) in [4.78, 5) is 0. The molecule has 94 valence electrons. The number of alkyl halides is 1. The molecule has 0 aliphatic heterocycles. The van der Waals surface area contributed by atoms with Crippen molar-refractivity contribution < 1.29 is 13.9 Å². The molecule has 0 saturated heterocycles. The van der Waals surface area contributed by atoms with E-state index in [1.165, 1.54) is 6.07 Å². The van der Waals surface area contributed by atoms with E-state index in [2.05, 4.69) is 0 Å². The van der Waals surface area contributed by atoms with Gasteiger partial charge < -0.3 is 9.47 Å². The molecule has 0 N–H and O–H groups in total. The van der Waals surface area contributed by atoms with Crippen LogP contribution in [0.5, 0.6) is 5.75 Å². The third-order valence-electron chi connectivity index (χ3n) is 2.96. The van der Waals surface area contributed by atoms with Gasteiger partial charge in [0.15, 0.2) is 0 Å². The van der Waals surface area contributed by atoms with Gasteiger partial charge in [0, 0.05) is 13.0 Å². The third kappa shape index (κ3) is 2.72. The van der Waals surface area contributed by atoms with Gasteiger partial charge in [0.1, 0.15) is 23.8 Å². The molecule has 3 unspecified atom stereocenters. The van der Waals surface area contributed by atoms with Crippen molar-refractivity contribution in [3.05, 3.63) is 29.6 Å². The lowest BCUT2D eigenvalue weighted by molar-refractivity contribution is -0.0760. The van der Waals surface area contributed by atoms with Gasteiger partial charge in [0.2, 0.25) is 0 Å². The maximum Gasteiger partial charge on any atom is 0.128 e. The van der Waals surface area contributed by atoms with Crippen molar-refractivity contribution >= 4 is 11.6 Å². The molecule has 0 radical (unpaired) electrons. The molecule has 0 bridgehead atoms. The van der Waals surface area contributed by atoms with Crippen LogP contribution < -0.4 is 4.74 Å². The van der Waals surface area contributed by atoms with Gasteiger partial charge in [-0.1, -0.05) is 0 Å². The number of hydrogen-bond acceptors (Lipinski definition) is 2. The molecule has 1 saturated carbocycles. The van der Waals surface area contributed by atoms with Crippen molar-refractivity contribution in [1.29, 1.82) is 0 Å². The van der Waals surface area contributed by atoms with Gasteiger partial charge in [-0.15, -0.1) is 11.6 Å². The molecule has 0 aromatic heterocycles. The summed E-state index contributed by atoms with van der Waals surface area (Å²) in [5.41, 5.74) is 0.581. The number of hydrogen-bond donors (Lipinski definition) is 0. The smallest absolute Gasteiger partial charge is 0.128 e. The Morgan fingerprint density at radius 3 is 2.82 bits per heavy atom. The van der Waals surface area contributed by atoms with Gasteiger partial charge in [-0.2, -0.15) is 0 Å². The Kier molecular flexibility index (Phi) is 3.89. The SMILES string of the molecule is CCOC1C(Cl)CC1Oc1ccc(F)c(C)c1. The highest BCUT2D eigenvalue weighted by molar-refractivity contribution is 6.21. The Hall–Kier alpha value is -0.800. The van der Waals surface area contributed by atoms with E-state index >= 15 is 0 Å². The Morgan fingerprint density at radius 2 is 2.24 bits per heavy atom. The fraction of sp³-hybridized carbons (Fsp3) is 0.538. The van der Waals surface area contributed by atoms with E-state index in [1.807, 2.05) is 6.92 Å². The molecule has 1 aliphatic rings. The molecule has 0 amide bonds. The maximum atomic E-state index is 13.1. The minimum absolute atomic E-state index is 0.0153. The maximum absolute atomic E-state index is 13.1. The van der Waals surface area contributed by atoms with Crippen molar-refractivity contribution in [3.8, 4) is 5.75 Å². The van der Waals surface area contributed by atoms with E-state index < -0.39 is 0 Å². The third-order valence-corrected chi connectivity index (χ3v) is 3.38. The van der Waals surface area contributed by atoms with Crippen LogP contribution in [-0.4, -0.2) is 24.2 Å². The minimum atomic E-state index is -0.220. The lowest BCUT2D eigenvalue weighted by Crippen LogP contribution is -2.52. The quantitative estimate of drug-likeness (QED) is 0.772. The topological polar surface area (TPSA) is 18.5 Å². The molecular formula is C13H16ClFO2. The number of ether oxygens (including phenoxy) is 2. The predicted molar refractivity (Wildman–Crippen MR) is 65.2 cm³/mol. The monoisotopic (exact) mass is 258 g/mol. The summed E-state index contributed by atoms with van der Waals surface area (Å²) >= 11 is 6.05. The largest absolute Gasteiger partial charge is 0.488 e. The lowest BCUT2D eigenvalue weighted by Gasteiger charge is -2.40. The minimum Gasteiger partial charge on any atom is -0.488 e. The first-order valence-corrected chi connectivity index (χ1v) is 6.24. The first kappa shape index (κ1) is 12.7. The summed E-state index contributed by atoms with van der Waals surface area (Å²) < 4.78 is 24.3. The first-order chi connectivity index (χ1) is 8.11. The van der Waals surface area contributed by atoms with E-state index in [0.717, 1.165) is 6.42 Å². The normalized spacial score (nSPS) is 27.6. The Labute approximate surface area is 106 Å². The van der Waals surface area contributed by atoms with Gasteiger partial charge in [-0.05, 0) is 37.6 Å². The molecule has 2 nitrogen and oxygen atoms in total. The Bertz CT molecular complexity index is 397. The van der Waals surface area contributed by atoms with E-state index in [9.17, 15) is 4.39 Å². The van der Waals surface area contributed by atoms with Gasteiger partial charge in [-0.3, -0.25) is 0 Å². The number of halogens is 2. The molecule has 1 fully saturated rings. The second kappa shape index (κ2) is 5.23. The average molecular weight is 259 g/mol. The summed E-state index contributed by atoms with van der Waals surface area (Å²) in [6.45, 7) is 4.27. The average Bonchev–Trinajstić information content (AvgIpc) is 2.30. The van der Waals surface area contributed by atoms with E-state index in [4.69, 9.17) is 21.1 Å². The molecule has 1 aliphatic carbocycles. The molecule has 0 heterocycles. The van der Waals surface area contributed by atoms with Crippen LogP contribution in [-0.2, 0) is 4.74 Å². The highest BCUT2D eigenvalue weighted by Gasteiger charge is 2.42. The van der Waals surface area contributed by atoms with Crippen LogP contribution in [0.15, 0.2) is 18.2 Å². The van der Waals surface area contributed by atoms with E-state index in [0.29, 0.717) is 17.9 Å². The van der Waals surface area contributed by atoms with Crippen molar-refractivity contribution in [1.82, 2.24) is 0 Å². The van der Waals surface area contributed by atoms with Crippen molar-refractivity contribution in [2.45, 2.75) is 37.9 Å². The fourth-order valence-electron chi connectivity index (χ4n) is 1.91. The Balaban J connectivity index is 1.99. The van der Waals surface area contributed by atoms with Crippen LogP contribution in [0.1, 0.15) is 18.9 Å². The number of rotatable bonds is 4. The zero-order chi connectivity index (χ0) is 12.4. The highest BCUT2D eigenvalue weighted by Crippen LogP contribution is 2.33. The van der Waals surface area contributed by atoms with Crippen LogP contribution in [0.4, 0.5) is 4.39 Å². The highest BCUT2D eigenvalue weighted by atomic mass is 35.5. The van der Waals surface area contributed by atoms with Gasteiger partial charge in [0.05, 0.1) is 5.38 Å². The molecular weight excluding hydrogens is 243 g/mol. The van der Waals surface area contributed by atoms with Gasteiger partial charge in [0.25, 0.3) is 0 Å². The fourth-order valence-corrected chi connectivity index (χ4v) is 2.32. The standard InChI is InChI=1S/C13H16ClFO2/c1-3-16-13-10(14)7-12(13)17-9-4-5-11(15)8(2)6-9/h4-6,10,12-13H,3,7H2,1-2H3. The van der Waals surface area contributed by atoms with Crippen molar-refractivity contribution in [2.24, 2.45) is 0 Å². The Morgan fingerprint density at radius 1 is 1.47 bits per heavy atom. The van der Waals surface area contributed by atoms with Crippen LogP contribution in [0.2, 0.25) is 0 Å². The van der Waals surface area contributed by atoms with Crippen molar-refractivity contribution in [2.75, 3.05) is 6.61 Å². The second-order valence-corrected chi connectivity index (χ2v) is 4.80. The van der Waals surface area contributed by atoms with Gasteiger partial charge >= 0.3 is 0 Å². The number of aryl methyl sites for hydroxylation is 1. The summed E-state index contributed by atoms with van der Waals surface area (Å²) in [6, 6.07) is 4.74. The van der Waals surface area contributed by atoms with Crippen molar-refractivity contribution in [3.63, 3.8) is 0 Å². The summed E-state index contributed by atoms with van der Waals surface area (Å²) in [7, 11) is 0. The van der Waals surface area contributed by atoms with Crippen LogP contribution >= 0.6 is 11.6 Å². The molecule has 4 heteroatoms. The summed E-state index contributed by atoms with van der Waals surface area (Å²) in [5.74, 6) is 0.449. The molecule has 17 heavy (non-hydrogen) atoms. The first-order valence-electron chi connectivity index (χ1n) is 5.80. The van der Waals surface area contributed by atoms with E-state index in [1.54, 1.807) is 19.1 Å². The molecule has 3 atom stereocenters. The zero-order valence-electron chi connectivity index (χ0n) is 9.95. The van der Waals surface area contributed by atoms with E-state index in [-0.39, 0.29) is 23.4 Å². The van der Waals surface area contributed by atoms with Crippen LogP contribution in [0, 0.1) is 12.7 Å². The van der Waals surface area contributed by atoms with Crippen LogP contribution in [0.25, 0.3) is 0 Å². The molecule has 1 aromatic rings. The zero-order valence-corrected chi connectivity index (χ0v) is 10.7. The van der Waals surface area contributed by atoms with Crippen LogP contribution in [0.3, 0.4) is 0 Å². The molecule has 0 spiro atoms. The van der Waals surface area contributed by atoms with Gasteiger partial charge in [-0.25, -0.2) is 4.39 Å². The number of benzene rings is 1. The molecule has 2 rings (SSSR count).